The van der Waals surface area contributed by atoms with Crippen LogP contribution >= 0.6 is 0 Å². The van der Waals surface area contributed by atoms with E-state index in [9.17, 15) is 0 Å². The Morgan fingerprint density at radius 1 is 1.35 bits per heavy atom. The van der Waals surface area contributed by atoms with Crippen LogP contribution in [0.1, 0.15) is 5.69 Å². The van der Waals surface area contributed by atoms with Crippen LogP contribution in [-0.2, 0) is 6.42 Å². The highest BCUT2D eigenvalue weighted by molar-refractivity contribution is 5.45. The summed E-state index contributed by atoms with van der Waals surface area (Å²) in [5, 5.41) is 7.36. The van der Waals surface area contributed by atoms with E-state index in [4.69, 9.17) is 0 Å². The van der Waals surface area contributed by atoms with Crippen molar-refractivity contribution in [3.05, 3.63) is 42.7 Å². The Bertz CT molecular complexity index is 597. The molecule has 3 rings (SSSR count). The van der Waals surface area contributed by atoms with Gasteiger partial charge in [-0.1, -0.05) is 0 Å². The molecule has 3 heterocycles. The Labute approximate surface area is 97.7 Å². The normalized spacial score (nSPS) is 10.8. The molecule has 6 nitrogen and oxygen atoms in total. The number of aromatic nitrogens is 5. The number of fused-ring (bicyclic) bond motifs is 1. The molecule has 0 aliphatic heterocycles. The number of aromatic amines is 1. The summed E-state index contributed by atoms with van der Waals surface area (Å²) < 4.78 is 1.74. The van der Waals surface area contributed by atoms with E-state index in [0.717, 1.165) is 30.1 Å². The van der Waals surface area contributed by atoms with Gasteiger partial charge in [-0.2, -0.15) is 5.10 Å². The van der Waals surface area contributed by atoms with E-state index in [-0.39, 0.29) is 0 Å². The van der Waals surface area contributed by atoms with Gasteiger partial charge in [0.05, 0.1) is 12.5 Å². The lowest BCUT2D eigenvalue weighted by Gasteiger charge is -2.04. The maximum Gasteiger partial charge on any atom is 0.157 e. The Hall–Kier alpha value is -2.37. The van der Waals surface area contributed by atoms with Crippen molar-refractivity contribution in [1.82, 2.24) is 24.6 Å². The highest BCUT2D eigenvalue weighted by atomic mass is 15.2. The number of nitrogens with one attached hydrogen (secondary N) is 2. The third kappa shape index (κ3) is 2.10. The third-order valence-electron chi connectivity index (χ3n) is 2.51. The summed E-state index contributed by atoms with van der Waals surface area (Å²) in [5.41, 5.74) is 1.96. The minimum absolute atomic E-state index is 0.819. The molecule has 0 aliphatic rings. The Kier molecular flexibility index (Phi) is 2.45. The number of hydrogen-bond acceptors (Lipinski definition) is 4. The summed E-state index contributed by atoms with van der Waals surface area (Å²) in [4.78, 5) is 11.5. The van der Waals surface area contributed by atoms with E-state index in [1.54, 1.807) is 17.0 Å². The van der Waals surface area contributed by atoms with Crippen LogP contribution < -0.4 is 5.32 Å². The van der Waals surface area contributed by atoms with Gasteiger partial charge in [0.1, 0.15) is 5.82 Å². The molecular formula is C11H12N6. The molecule has 6 heteroatoms. The molecule has 0 saturated heterocycles. The monoisotopic (exact) mass is 228 g/mol. The first-order chi connectivity index (χ1) is 8.42. The zero-order valence-electron chi connectivity index (χ0n) is 9.17. The van der Waals surface area contributed by atoms with Gasteiger partial charge in [0.2, 0.25) is 0 Å². The molecule has 3 aromatic rings. The summed E-state index contributed by atoms with van der Waals surface area (Å²) in [6.07, 6.45) is 8.03. The Morgan fingerprint density at radius 2 is 2.35 bits per heavy atom. The van der Waals surface area contributed by atoms with Crippen LogP contribution in [0.5, 0.6) is 0 Å². The first-order valence-electron chi connectivity index (χ1n) is 5.43. The molecule has 0 bridgehead atoms. The summed E-state index contributed by atoms with van der Waals surface area (Å²) in [6.45, 7) is 0.819. The number of anilines is 1. The van der Waals surface area contributed by atoms with Crippen molar-refractivity contribution >= 4 is 11.5 Å². The second-order valence-corrected chi connectivity index (χ2v) is 3.70. The highest BCUT2D eigenvalue weighted by Gasteiger charge is 1.98. The van der Waals surface area contributed by atoms with Crippen LogP contribution in [-0.4, -0.2) is 31.1 Å². The second kappa shape index (κ2) is 4.25. The maximum atomic E-state index is 4.42. The maximum absolute atomic E-state index is 4.42. The van der Waals surface area contributed by atoms with Crippen molar-refractivity contribution in [3.63, 3.8) is 0 Å². The van der Waals surface area contributed by atoms with E-state index < -0.39 is 0 Å². The van der Waals surface area contributed by atoms with Gasteiger partial charge in [0, 0.05) is 37.1 Å². The van der Waals surface area contributed by atoms with Crippen molar-refractivity contribution in [3.8, 4) is 0 Å². The van der Waals surface area contributed by atoms with Crippen LogP contribution in [0.3, 0.4) is 0 Å². The van der Waals surface area contributed by atoms with Gasteiger partial charge in [-0.3, -0.25) is 0 Å². The van der Waals surface area contributed by atoms with Crippen LogP contribution in [0.4, 0.5) is 5.82 Å². The first-order valence-corrected chi connectivity index (χ1v) is 5.43. The molecule has 3 aromatic heterocycles. The van der Waals surface area contributed by atoms with E-state index in [2.05, 4.69) is 25.4 Å². The number of nitrogens with zero attached hydrogens (tertiary/aromatic N) is 4. The van der Waals surface area contributed by atoms with E-state index in [1.165, 1.54) is 0 Å². The van der Waals surface area contributed by atoms with Gasteiger partial charge >= 0.3 is 0 Å². The first kappa shape index (κ1) is 9.83. The molecule has 0 saturated carbocycles. The number of hydrogen-bond donors (Lipinski definition) is 2. The lowest BCUT2D eigenvalue weighted by molar-refractivity contribution is 0.927. The van der Waals surface area contributed by atoms with E-state index in [0.29, 0.717) is 0 Å². The van der Waals surface area contributed by atoms with Crippen molar-refractivity contribution in [2.24, 2.45) is 0 Å². The molecular weight excluding hydrogens is 216 g/mol. The number of rotatable bonds is 4. The fourth-order valence-corrected chi connectivity index (χ4v) is 1.66. The van der Waals surface area contributed by atoms with Crippen LogP contribution in [0.25, 0.3) is 5.65 Å². The minimum Gasteiger partial charge on any atom is -0.370 e. The zero-order chi connectivity index (χ0) is 11.5. The standard InChI is InChI=1S/C11H12N6/c1(9-7-12-8-14-9)4-13-10-3-6-17-11(16-10)2-5-15-17/h2-3,5-8H,1,4H2,(H,12,14)(H,13,16). The van der Waals surface area contributed by atoms with Crippen LogP contribution in [0, 0.1) is 0 Å². The zero-order valence-corrected chi connectivity index (χ0v) is 9.17. The smallest absolute Gasteiger partial charge is 0.157 e. The molecule has 0 aromatic carbocycles. The van der Waals surface area contributed by atoms with Crippen molar-refractivity contribution in [2.75, 3.05) is 11.9 Å². The van der Waals surface area contributed by atoms with Crippen LogP contribution in [0.15, 0.2) is 37.1 Å². The third-order valence-corrected chi connectivity index (χ3v) is 2.51. The molecule has 17 heavy (non-hydrogen) atoms. The molecule has 0 fully saturated rings. The largest absolute Gasteiger partial charge is 0.370 e. The SMILES string of the molecule is c1cc2nc(NCCc3cnc[nH]3)ccn2n1. The lowest BCUT2D eigenvalue weighted by atomic mass is 10.3. The summed E-state index contributed by atoms with van der Waals surface area (Å²) >= 11 is 0. The molecule has 2 N–H and O–H groups in total. The lowest BCUT2D eigenvalue weighted by Crippen LogP contribution is -2.07. The average Bonchev–Trinajstić information content (AvgIpc) is 2.98. The number of H-pyrrole nitrogens is 1. The van der Waals surface area contributed by atoms with E-state index in [1.807, 2.05) is 24.5 Å². The van der Waals surface area contributed by atoms with Gasteiger partial charge in [-0.25, -0.2) is 14.5 Å². The van der Waals surface area contributed by atoms with Gasteiger partial charge < -0.3 is 10.3 Å². The molecule has 86 valence electrons. The van der Waals surface area contributed by atoms with Crippen molar-refractivity contribution in [2.45, 2.75) is 6.42 Å². The predicted octanol–water partition coefficient (Wildman–Crippen LogP) is 1.11. The van der Waals surface area contributed by atoms with Gasteiger partial charge in [-0.05, 0) is 6.07 Å². The minimum atomic E-state index is 0.819. The van der Waals surface area contributed by atoms with E-state index >= 15 is 0 Å². The second-order valence-electron chi connectivity index (χ2n) is 3.70. The Morgan fingerprint density at radius 3 is 3.24 bits per heavy atom. The molecule has 0 amide bonds. The molecule has 0 spiro atoms. The predicted molar refractivity (Wildman–Crippen MR) is 63.8 cm³/mol. The summed E-state index contributed by atoms with van der Waals surface area (Å²) in [5.74, 6) is 0.859. The molecule has 0 radical (unpaired) electrons. The quantitative estimate of drug-likeness (QED) is 0.701. The van der Waals surface area contributed by atoms with Gasteiger partial charge in [0.25, 0.3) is 0 Å². The van der Waals surface area contributed by atoms with Crippen molar-refractivity contribution < 1.29 is 0 Å². The highest BCUT2D eigenvalue weighted by Crippen LogP contribution is 2.05. The fraction of sp³-hybridized carbons (Fsp3) is 0.182. The number of imidazole rings is 1. The van der Waals surface area contributed by atoms with Crippen LogP contribution in [0.2, 0.25) is 0 Å². The fourth-order valence-electron chi connectivity index (χ4n) is 1.66. The molecule has 0 unspecified atom stereocenters. The molecule has 0 aliphatic carbocycles. The Balaban J connectivity index is 1.64. The van der Waals surface area contributed by atoms with Gasteiger partial charge in [-0.15, -0.1) is 0 Å². The summed E-state index contributed by atoms with van der Waals surface area (Å²) in [7, 11) is 0. The molecule has 0 atom stereocenters. The summed E-state index contributed by atoms with van der Waals surface area (Å²) in [6, 6.07) is 3.78. The average molecular weight is 228 g/mol. The topological polar surface area (TPSA) is 70.9 Å². The van der Waals surface area contributed by atoms with Crippen molar-refractivity contribution in [1.29, 1.82) is 0 Å². The van der Waals surface area contributed by atoms with Gasteiger partial charge in [0.15, 0.2) is 5.65 Å².